The van der Waals surface area contributed by atoms with E-state index in [0.29, 0.717) is 12.3 Å². The van der Waals surface area contributed by atoms with Crippen molar-refractivity contribution in [1.82, 2.24) is 4.72 Å². The fourth-order valence-corrected chi connectivity index (χ4v) is 5.42. The van der Waals surface area contributed by atoms with Crippen molar-refractivity contribution in [3.8, 4) is 0 Å². The maximum absolute atomic E-state index is 12.7. The standard InChI is InChI=1S/C19H29N3O5S/c1-13-6-8-14(9-7-13)21-28(26,27)15-10-11-16(18(12-15)22(24)25)20-17-4-2-3-5-19(17)23/h10-14,17,19-21,23H,2-9H2,1H3/t13?,14?,17-,19-/m1/s1. The second-order valence-corrected chi connectivity index (χ2v) is 9.83. The van der Waals surface area contributed by atoms with Gasteiger partial charge in [-0.2, -0.15) is 0 Å². The minimum atomic E-state index is -3.83. The molecule has 2 fully saturated rings. The molecular formula is C19H29N3O5S. The molecule has 2 aliphatic rings. The number of aliphatic hydroxyl groups excluding tert-OH is 1. The normalized spacial score (nSPS) is 28.6. The molecule has 1 aromatic rings. The fourth-order valence-electron chi connectivity index (χ4n) is 4.10. The number of rotatable bonds is 6. The number of nitrogens with one attached hydrogen (secondary N) is 2. The molecule has 3 N–H and O–H groups in total. The minimum Gasteiger partial charge on any atom is -0.391 e. The molecule has 0 saturated heterocycles. The Bertz CT molecular complexity index is 806. The second kappa shape index (κ2) is 8.75. The zero-order chi connectivity index (χ0) is 20.3. The van der Waals surface area contributed by atoms with E-state index < -0.39 is 21.1 Å². The molecule has 2 saturated carbocycles. The van der Waals surface area contributed by atoms with Crippen LogP contribution < -0.4 is 10.0 Å². The third kappa shape index (κ3) is 5.01. The van der Waals surface area contributed by atoms with Gasteiger partial charge in [-0.1, -0.05) is 19.8 Å². The molecule has 2 atom stereocenters. The van der Waals surface area contributed by atoms with Crippen molar-refractivity contribution in [2.75, 3.05) is 5.32 Å². The van der Waals surface area contributed by atoms with Crippen molar-refractivity contribution < 1.29 is 18.4 Å². The summed E-state index contributed by atoms with van der Waals surface area (Å²) in [6, 6.07) is 3.52. The summed E-state index contributed by atoms with van der Waals surface area (Å²) in [5, 5.41) is 24.7. The SMILES string of the molecule is CC1CCC(NS(=O)(=O)c2ccc(N[C@@H]3CCCC[C@H]3O)c([N+](=O)[O-])c2)CC1. The summed E-state index contributed by atoms with van der Waals surface area (Å²) < 4.78 is 28.1. The summed E-state index contributed by atoms with van der Waals surface area (Å²) in [7, 11) is -3.83. The molecule has 28 heavy (non-hydrogen) atoms. The molecule has 1 aromatic carbocycles. The Kier molecular flexibility index (Phi) is 6.57. The summed E-state index contributed by atoms with van der Waals surface area (Å²) in [6.07, 6.45) is 6.20. The average molecular weight is 412 g/mol. The van der Waals surface area contributed by atoms with Crippen LogP contribution in [-0.2, 0) is 10.0 Å². The van der Waals surface area contributed by atoms with Gasteiger partial charge in [0.25, 0.3) is 5.69 Å². The van der Waals surface area contributed by atoms with Gasteiger partial charge in [-0.25, -0.2) is 13.1 Å². The van der Waals surface area contributed by atoms with Crippen LogP contribution in [-0.4, -0.2) is 36.6 Å². The van der Waals surface area contributed by atoms with E-state index in [2.05, 4.69) is 17.0 Å². The molecule has 0 amide bonds. The number of nitrogens with zero attached hydrogens (tertiary/aromatic N) is 1. The number of nitro benzene ring substituents is 1. The van der Waals surface area contributed by atoms with Gasteiger partial charge in [0, 0.05) is 12.1 Å². The van der Waals surface area contributed by atoms with E-state index in [0.717, 1.165) is 51.0 Å². The largest absolute Gasteiger partial charge is 0.391 e. The second-order valence-electron chi connectivity index (χ2n) is 8.12. The Morgan fingerprint density at radius 1 is 1.11 bits per heavy atom. The van der Waals surface area contributed by atoms with Gasteiger partial charge in [0.2, 0.25) is 10.0 Å². The van der Waals surface area contributed by atoms with Crippen LogP contribution in [0.15, 0.2) is 23.1 Å². The highest BCUT2D eigenvalue weighted by Crippen LogP contribution is 2.31. The zero-order valence-electron chi connectivity index (χ0n) is 16.1. The molecule has 156 valence electrons. The van der Waals surface area contributed by atoms with Crippen LogP contribution in [0.25, 0.3) is 0 Å². The van der Waals surface area contributed by atoms with Gasteiger partial charge in [0.15, 0.2) is 0 Å². The first kappa shape index (κ1) is 21.0. The molecule has 0 unspecified atom stereocenters. The van der Waals surface area contributed by atoms with Gasteiger partial charge in [0.05, 0.1) is 22.0 Å². The predicted octanol–water partition coefficient (Wildman–Crippen LogP) is 3.17. The van der Waals surface area contributed by atoms with E-state index in [9.17, 15) is 23.6 Å². The first-order chi connectivity index (χ1) is 13.3. The maximum atomic E-state index is 12.7. The van der Waals surface area contributed by atoms with E-state index in [1.54, 1.807) is 0 Å². The van der Waals surface area contributed by atoms with Gasteiger partial charge in [-0.05, 0) is 56.6 Å². The van der Waals surface area contributed by atoms with Gasteiger partial charge >= 0.3 is 0 Å². The molecule has 0 aliphatic heterocycles. The summed E-state index contributed by atoms with van der Waals surface area (Å²) in [5.74, 6) is 0.599. The third-order valence-electron chi connectivity index (χ3n) is 5.88. The van der Waals surface area contributed by atoms with Crippen LogP contribution in [0.2, 0.25) is 0 Å². The summed E-state index contributed by atoms with van der Waals surface area (Å²) in [5.41, 5.74) is -0.0562. The monoisotopic (exact) mass is 411 g/mol. The molecule has 0 bridgehead atoms. The van der Waals surface area contributed by atoms with Crippen molar-refractivity contribution in [2.24, 2.45) is 5.92 Å². The Morgan fingerprint density at radius 2 is 1.79 bits per heavy atom. The van der Waals surface area contributed by atoms with Gasteiger partial charge in [0.1, 0.15) is 5.69 Å². The van der Waals surface area contributed by atoms with E-state index in [-0.39, 0.29) is 28.4 Å². The number of benzene rings is 1. The number of hydrogen-bond donors (Lipinski definition) is 3. The molecule has 0 radical (unpaired) electrons. The van der Waals surface area contributed by atoms with Gasteiger partial charge < -0.3 is 10.4 Å². The maximum Gasteiger partial charge on any atom is 0.293 e. The van der Waals surface area contributed by atoms with Crippen LogP contribution in [0.3, 0.4) is 0 Å². The van der Waals surface area contributed by atoms with E-state index in [4.69, 9.17) is 0 Å². The Labute approximate surface area is 165 Å². The number of nitro groups is 1. The third-order valence-corrected chi connectivity index (χ3v) is 7.40. The average Bonchev–Trinajstić information content (AvgIpc) is 2.65. The minimum absolute atomic E-state index is 0.104. The van der Waals surface area contributed by atoms with Crippen LogP contribution in [0.4, 0.5) is 11.4 Å². The number of aliphatic hydroxyl groups is 1. The lowest BCUT2D eigenvalue weighted by molar-refractivity contribution is -0.384. The first-order valence-corrected chi connectivity index (χ1v) is 11.5. The molecule has 0 spiro atoms. The van der Waals surface area contributed by atoms with E-state index in [1.807, 2.05) is 0 Å². The molecule has 9 heteroatoms. The smallest absolute Gasteiger partial charge is 0.293 e. The molecule has 8 nitrogen and oxygen atoms in total. The van der Waals surface area contributed by atoms with E-state index in [1.165, 1.54) is 12.1 Å². The fraction of sp³-hybridized carbons (Fsp3) is 0.684. The van der Waals surface area contributed by atoms with Crippen molar-refractivity contribution >= 4 is 21.4 Å². The Hall–Kier alpha value is -1.71. The summed E-state index contributed by atoms with van der Waals surface area (Å²) >= 11 is 0. The molecule has 0 heterocycles. The molecule has 2 aliphatic carbocycles. The molecule has 0 aromatic heterocycles. The lowest BCUT2D eigenvalue weighted by atomic mass is 9.88. The number of sulfonamides is 1. The highest BCUT2D eigenvalue weighted by atomic mass is 32.2. The van der Waals surface area contributed by atoms with Crippen LogP contribution in [0.1, 0.15) is 58.3 Å². The summed E-state index contributed by atoms with van der Waals surface area (Å²) in [4.78, 5) is 10.8. The van der Waals surface area contributed by atoms with Crippen LogP contribution in [0, 0.1) is 16.0 Å². The molecular weight excluding hydrogens is 382 g/mol. The lowest BCUT2D eigenvalue weighted by Gasteiger charge is -2.29. The summed E-state index contributed by atoms with van der Waals surface area (Å²) in [6.45, 7) is 2.16. The Morgan fingerprint density at radius 3 is 2.43 bits per heavy atom. The molecule has 3 rings (SSSR count). The number of hydrogen-bond acceptors (Lipinski definition) is 6. The Balaban J connectivity index is 1.78. The highest BCUT2D eigenvalue weighted by molar-refractivity contribution is 7.89. The topological polar surface area (TPSA) is 122 Å². The predicted molar refractivity (Wildman–Crippen MR) is 107 cm³/mol. The van der Waals surface area contributed by atoms with Crippen molar-refractivity contribution in [2.45, 2.75) is 81.4 Å². The number of anilines is 1. The quantitative estimate of drug-likeness (QED) is 0.488. The van der Waals surface area contributed by atoms with Crippen molar-refractivity contribution in [3.05, 3.63) is 28.3 Å². The first-order valence-electron chi connectivity index (χ1n) is 10.0. The lowest BCUT2D eigenvalue weighted by Crippen LogP contribution is -2.37. The van der Waals surface area contributed by atoms with Crippen molar-refractivity contribution in [3.63, 3.8) is 0 Å². The van der Waals surface area contributed by atoms with Crippen LogP contribution in [0.5, 0.6) is 0 Å². The van der Waals surface area contributed by atoms with Gasteiger partial charge in [-0.15, -0.1) is 0 Å². The van der Waals surface area contributed by atoms with Crippen LogP contribution >= 0.6 is 0 Å². The van der Waals surface area contributed by atoms with Crippen molar-refractivity contribution in [1.29, 1.82) is 0 Å². The van der Waals surface area contributed by atoms with Gasteiger partial charge in [-0.3, -0.25) is 10.1 Å². The van der Waals surface area contributed by atoms with E-state index >= 15 is 0 Å². The highest BCUT2D eigenvalue weighted by Gasteiger charge is 2.29. The zero-order valence-corrected chi connectivity index (χ0v) is 17.0.